The highest BCUT2D eigenvalue weighted by Gasteiger charge is 2.29. The van der Waals surface area contributed by atoms with E-state index in [4.69, 9.17) is 4.74 Å². The average molecular weight is 349 g/mol. The van der Waals surface area contributed by atoms with Crippen molar-refractivity contribution in [2.45, 2.75) is 24.7 Å². The Morgan fingerprint density at radius 2 is 1.82 bits per heavy atom. The Bertz CT molecular complexity index is 540. The zero-order chi connectivity index (χ0) is 15.3. The number of hydrogen-bond acceptors (Lipinski definition) is 4. The third-order valence-electron chi connectivity index (χ3n) is 3.95. The molecule has 1 fully saturated rings. The third kappa shape index (κ3) is 4.59. The Kier molecular flexibility index (Phi) is 7.62. The lowest BCUT2D eigenvalue weighted by Gasteiger charge is -2.31. The molecule has 0 aliphatic carbocycles. The highest BCUT2D eigenvalue weighted by atomic mass is 35.5. The predicted molar refractivity (Wildman–Crippen MR) is 90.3 cm³/mol. The summed E-state index contributed by atoms with van der Waals surface area (Å²) in [5.74, 6) is 1.24. The molecular formula is C15H25ClN2O3S. The minimum absolute atomic E-state index is 0. The van der Waals surface area contributed by atoms with Crippen LogP contribution in [0.3, 0.4) is 0 Å². The summed E-state index contributed by atoms with van der Waals surface area (Å²) >= 11 is 0. The molecule has 1 aromatic rings. The van der Waals surface area contributed by atoms with Crippen molar-refractivity contribution in [3.8, 4) is 5.75 Å². The molecule has 0 radical (unpaired) electrons. The van der Waals surface area contributed by atoms with Crippen LogP contribution in [0.25, 0.3) is 0 Å². The summed E-state index contributed by atoms with van der Waals surface area (Å²) in [7, 11) is -1.81. The van der Waals surface area contributed by atoms with Crippen LogP contribution in [0.4, 0.5) is 0 Å². The van der Waals surface area contributed by atoms with Crippen LogP contribution >= 0.6 is 12.4 Å². The number of ether oxygens (including phenoxy) is 1. The van der Waals surface area contributed by atoms with Crippen LogP contribution in [-0.4, -0.2) is 46.0 Å². The maximum absolute atomic E-state index is 12.6. The van der Waals surface area contributed by atoms with Crippen LogP contribution < -0.4 is 10.1 Å². The fourth-order valence-corrected chi connectivity index (χ4v) is 4.07. The second-order valence-electron chi connectivity index (χ2n) is 5.33. The number of rotatable bonds is 6. The van der Waals surface area contributed by atoms with Crippen LogP contribution in [-0.2, 0) is 10.0 Å². The minimum Gasteiger partial charge on any atom is -0.497 e. The Morgan fingerprint density at radius 1 is 1.23 bits per heavy atom. The first-order chi connectivity index (χ1) is 10.1. The van der Waals surface area contributed by atoms with Crippen molar-refractivity contribution in [3.63, 3.8) is 0 Å². The summed E-state index contributed by atoms with van der Waals surface area (Å²) in [6.45, 7) is 5.23. The van der Waals surface area contributed by atoms with E-state index in [1.54, 1.807) is 35.7 Å². The molecule has 1 aromatic carbocycles. The summed E-state index contributed by atoms with van der Waals surface area (Å²) in [4.78, 5) is 0.341. The van der Waals surface area contributed by atoms with Crippen molar-refractivity contribution in [3.05, 3.63) is 24.3 Å². The van der Waals surface area contributed by atoms with Crippen LogP contribution in [0.5, 0.6) is 5.75 Å². The van der Waals surface area contributed by atoms with Gasteiger partial charge in [-0.25, -0.2) is 8.42 Å². The monoisotopic (exact) mass is 348 g/mol. The fraction of sp³-hybridized carbons (Fsp3) is 0.600. The first kappa shape index (κ1) is 19.2. The molecule has 1 heterocycles. The molecule has 1 N–H and O–H groups in total. The summed E-state index contributed by atoms with van der Waals surface area (Å²) in [5, 5.41) is 3.33. The Labute approximate surface area is 139 Å². The maximum atomic E-state index is 12.6. The molecule has 0 amide bonds. The van der Waals surface area contributed by atoms with E-state index < -0.39 is 10.0 Å². The smallest absolute Gasteiger partial charge is 0.243 e. The van der Waals surface area contributed by atoms with Crippen molar-refractivity contribution in [2.24, 2.45) is 5.92 Å². The topological polar surface area (TPSA) is 58.6 Å². The average Bonchev–Trinajstić information content (AvgIpc) is 2.53. The standard InChI is InChI=1S/C15H24N2O3S.ClH/c1-3-16-12-13-8-10-17(11-9-13)21(18,19)15-6-4-14(20-2)5-7-15;/h4-7,13,16H,3,8-12H2,1-2H3;1H. The zero-order valence-corrected chi connectivity index (χ0v) is 14.8. The SMILES string of the molecule is CCNCC1CCN(S(=O)(=O)c2ccc(OC)cc2)CC1.Cl. The lowest BCUT2D eigenvalue weighted by atomic mass is 9.98. The second kappa shape index (κ2) is 8.72. The first-order valence-electron chi connectivity index (χ1n) is 7.43. The maximum Gasteiger partial charge on any atom is 0.243 e. The second-order valence-corrected chi connectivity index (χ2v) is 7.27. The molecule has 7 heteroatoms. The molecule has 0 unspecified atom stereocenters. The fourth-order valence-electron chi connectivity index (χ4n) is 2.60. The van der Waals surface area contributed by atoms with Gasteiger partial charge in [-0.2, -0.15) is 4.31 Å². The van der Waals surface area contributed by atoms with Gasteiger partial charge in [0.05, 0.1) is 12.0 Å². The van der Waals surface area contributed by atoms with E-state index in [1.165, 1.54) is 0 Å². The lowest BCUT2D eigenvalue weighted by Crippen LogP contribution is -2.40. The van der Waals surface area contributed by atoms with Gasteiger partial charge in [0, 0.05) is 13.1 Å². The number of piperidine rings is 1. The zero-order valence-electron chi connectivity index (χ0n) is 13.1. The summed E-state index contributed by atoms with van der Waals surface area (Å²) in [5.41, 5.74) is 0. The van der Waals surface area contributed by atoms with Crippen LogP contribution in [0.2, 0.25) is 0 Å². The lowest BCUT2D eigenvalue weighted by molar-refractivity contribution is 0.268. The molecule has 126 valence electrons. The molecular weight excluding hydrogens is 324 g/mol. The van der Waals surface area contributed by atoms with Gasteiger partial charge < -0.3 is 10.1 Å². The van der Waals surface area contributed by atoms with E-state index in [2.05, 4.69) is 12.2 Å². The predicted octanol–water partition coefficient (Wildman–Crippen LogP) is 2.13. The van der Waals surface area contributed by atoms with Gasteiger partial charge in [-0.1, -0.05) is 6.92 Å². The minimum atomic E-state index is -3.37. The van der Waals surface area contributed by atoms with Gasteiger partial charge in [0.25, 0.3) is 0 Å². The van der Waals surface area contributed by atoms with Gasteiger partial charge in [0.1, 0.15) is 5.75 Å². The normalized spacial score (nSPS) is 17.0. The first-order valence-corrected chi connectivity index (χ1v) is 8.87. The number of nitrogens with zero attached hydrogens (tertiary/aromatic N) is 1. The number of hydrogen-bond donors (Lipinski definition) is 1. The van der Waals surface area contributed by atoms with Gasteiger partial charge in [-0.3, -0.25) is 0 Å². The van der Waals surface area contributed by atoms with Gasteiger partial charge >= 0.3 is 0 Å². The van der Waals surface area contributed by atoms with Crippen LogP contribution in [0, 0.1) is 5.92 Å². The van der Waals surface area contributed by atoms with Gasteiger partial charge in [-0.05, 0) is 56.1 Å². The molecule has 0 bridgehead atoms. The van der Waals surface area contributed by atoms with E-state index in [0.29, 0.717) is 29.7 Å². The van der Waals surface area contributed by atoms with Crippen molar-refractivity contribution in [1.82, 2.24) is 9.62 Å². The van der Waals surface area contributed by atoms with E-state index in [-0.39, 0.29) is 12.4 Å². The summed E-state index contributed by atoms with van der Waals surface area (Å²) < 4.78 is 31.8. The molecule has 1 aliphatic heterocycles. The van der Waals surface area contributed by atoms with Gasteiger partial charge in [0.2, 0.25) is 10.0 Å². The Hall–Kier alpha value is -0.820. The van der Waals surface area contributed by atoms with Crippen molar-refractivity contribution < 1.29 is 13.2 Å². The van der Waals surface area contributed by atoms with E-state index in [1.807, 2.05) is 0 Å². The van der Waals surface area contributed by atoms with Crippen LogP contribution in [0.1, 0.15) is 19.8 Å². The molecule has 2 rings (SSSR count). The molecule has 0 aromatic heterocycles. The molecule has 5 nitrogen and oxygen atoms in total. The molecule has 1 aliphatic rings. The van der Waals surface area contributed by atoms with Gasteiger partial charge in [-0.15, -0.1) is 12.4 Å². The highest BCUT2D eigenvalue weighted by molar-refractivity contribution is 7.89. The van der Waals surface area contributed by atoms with Crippen molar-refractivity contribution >= 4 is 22.4 Å². The van der Waals surface area contributed by atoms with Crippen molar-refractivity contribution in [2.75, 3.05) is 33.3 Å². The number of methoxy groups -OCH3 is 1. The van der Waals surface area contributed by atoms with E-state index in [9.17, 15) is 8.42 Å². The number of nitrogens with one attached hydrogen (secondary N) is 1. The number of benzene rings is 1. The molecule has 1 saturated heterocycles. The van der Waals surface area contributed by atoms with E-state index in [0.717, 1.165) is 25.9 Å². The molecule has 0 spiro atoms. The largest absolute Gasteiger partial charge is 0.497 e. The number of halogens is 1. The highest BCUT2D eigenvalue weighted by Crippen LogP contribution is 2.24. The quantitative estimate of drug-likeness (QED) is 0.855. The Balaban J connectivity index is 0.00000242. The molecule has 0 saturated carbocycles. The van der Waals surface area contributed by atoms with Gasteiger partial charge in [0.15, 0.2) is 0 Å². The summed E-state index contributed by atoms with van der Waals surface area (Å²) in [6, 6.07) is 6.59. The Morgan fingerprint density at radius 3 is 2.32 bits per heavy atom. The summed E-state index contributed by atoms with van der Waals surface area (Å²) in [6.07, 6.45) is 1.84. The third-order valence-corrected chi connectivity index (χ3v) is 5.87. The van der Waals surface area contributed by atoms with Crippen LogP contribution in [0.15, 0.2) is 29.2 Å². The number of sulfonamides is 1. The van der Waals surface area contributed by atoms with Crippen molar-refractivity contribution in [1.29, 1.82) is 0 Å². The molecule has 0 atom stereocenters. The van der Waals surface area contributed by atoms with E-state index >= 15 is 0 Å². The molecule has 22 heavy (non-hydrogen) atoms.